The van der Waals surface area contributed by atoms with Crippen LogP contribution in [-0.4, -0.2) is 86.6 Å². The quantitative estimate of drug-likeness (QED) is 0.519. The molecule has 14 heteroatoms. The zero-order valence-corrected chi connectivity index (χ0v) is 20.2. The summed E-state index contributed by atoms with van der Waals surface area (Å²) in [7, 11) is 1.73. The number of fused-ring (bicyclic) bond motifs is 1. The average molecular weight is 528 g/mol. The van der Waals surface area contributed by atoms with Gasteiger partial charge in [0.15, 0.2) is 0 Å². The predicted molar refractivity (Wildman–Crippen MR) is 123 cm³/mol. The van der Waals surface area contributed by atoms with Gasteiger partial charge in [0.1, 0.15) is 17.7 Å². The Bertz CT molecular complexity index is 1170. The maximum atomic E-state index is 13.5. The van der Waals surface area contributed by atoms with Crippen molar-refractivity contribution in [2.24, 2.45) is 18.7 Å². The molecular weight excluding hydrogens is 498 g/mol. The molecule has 3 N–H and O–H groups in total. The predicted octanol–water partition coefficient (Wildman–Crippen LogP) is 1.04. The first-order chi connectivity index (χ1) is 17.4. The molecule has 3 amide bonds. The number of hydrogen-bond donors (Lipinski definition) is 2. The van der Waals surface area contributed by atoms with E-state index >= 15 is 0 Å². The van der Waals surface area contributed by atoms with Crippen molar-refractivity contribution in [3.63, 3.8) is 0 Å². The Kier molecular flexibility index (Phi) is 7.67. The van der Waals surface area contributed by atoms with Crippen LogP contribution in [0.4, 0.5) is 17.6 Å². The van der Waals surface area contributed by atoms with Gasteiger partial charge in [0, 0.05) is 33.1 Å². The number of halogens is 4. The van der Waals surface area contributed by atoms with Crippen LogP contribution < -0.4 is 11.1 Å². The van der Waals surface area contributed by atoms with E-state index in [9.17, 15) is 31.9 Å². The van der Waals surface area contributed by atoms with Gasteiger partial charge >= 0.3 is 6.18 Å². The monoisotopic (exact) mass is 527 g/mol. The van der Waals surface area contributed by atoms with Crippen LogP contribution in [0.25, 0.3) is 11.0 Å². The number of aryl methyl sites for hydroxylation is 1. The van der Waals surface area contributed by atoms with Crippen molar-refractivity contribution >= 4 is 28.8 Å². The molecule has 2 aliphatic heterocycles. The number of carbonyl (C=O) groups is 3. The SMILES string of the molecule is Cn1nnc2cc(CNC(=O)C3CC(C(F)(F)F)CN3C(=O)[C@@H](N)CCC(=O)N3CCC(F)C3)ccc21. The van der Waals surface area contributed by atoms with E-state index in [1.165, 1.54) is 4.90 Å². The van der Waals surface area contributed by atoms with Crippen LogP contribution in [0.15, 0.2) is 18.2 Å². The first kappa shape index (κ1) is 26.8. The average Bonchev–Trinajstić information content (AvgIpc) is 3.58. The molecule has 3 heterocycles. The smallest absolute Gasteiger partial charge is 0.350 e. The molecule has 3 unspecified atom stereocenters. The molecule has 4 rings (SSSR count). The lowest BCUT2D eigenvalue weighted by Crippen LogP contribution is -2.51. The number of nitrogens with zero attached hydrogens (tertiary/aromatic N) is 5. The number of carbonyl (C=O) groups excluding carboxylic acids is 3. The van der Waals surface area contributed by atoms with Gasteiger partial charge < -0.3 is 20.9 Å². The molecule has 2 saturated heterocycles. The standard InChI is InChI=1S/C23H29F4N7O3/c1-32-18-4-2-13(8-17(18)30-31-32)10-29-21(36)19-9-14(23(25,26)27)11-34(19)22(37)16(28)3-5-20(35)33-7-6-15(24)12-33/h2,4,8,14-16,19H,3,5-7,9-12,28H2,1H3,(H,29,36)/t14?,15?,16-,19?/m0/s1. The lowest BCUT2D eigenvalue weighted by Gasteiger charge is -2.27. The number of alkyl halides is 4. The first-order valence-electron chi connectivity index (χ1n) is 12.0. The van der Waals surface area contributed by atoms with E-state index in [4.69, 9.17) is 5.73 Å². The van der Waals surface area contributed by atoms with Gasteiger partial charge in [-0.05, 0) is 37.0 Å². The summed E-state index contributed by atoms with van der Waals surface area (Å²) in [5.41, 5.74) is 7.98. The number of amides is 3. The van der Waals surface area contributed by atoms with Crippen molar-refractivity contribution in [1.29, 1.82) is 0 Å². The van der Waals surface area contributed by atoms with Gasteiger partial charge in [-0.25, -0.2) is 9.07 Å². The Morgan fingerprint density at radius 1 is 1.24 bits per heavy atom. The zero-order chi connectivity index (χ0) is 26.9. The molecule has 1 aromatic carbocycles. The molecule has 2 aromatic rings. The number of nitrogens with two attached hydrogens (primary N) is 1. The van der Waals surface area contributed by atoms with Crippen molar-refractivity contribution in [1.82, 2.24) is 30.1 Å². The molecule has 0 saturated carbocycles. The number of hydrogen-bond acceptors (Lipinski definition) is 6. The zero-order valence-electron chi connectivity index (χ0n) is 20.2. The molecule has 0 aliphatic carbocycles. The van der Waals surface area contributed by atoms with Crippen molar-refractivity contribution in [3.05, 3.63) is 23.8 Å². The molecule has 1 aromatic heterocycles. The fourth-order valence-corrected chi connectivity index (χ4v) is 4.79. The van der Waals surface area contributed by atoms with Crippen LogP contribution in [0.1, 0.15) is 31.2 Å². The Morgan fingerprint density at radius 3 is 2.68 bits per heavy atom. The lowest BCUT2D eigenvalue weighted by molar-refractivity contribution is -0.171. The van der Waals surface area contributed by atoms with Crippen molar-refractivity contribution in [3.8, 4) is 0 Å². The topological polar surface area (TPSA) is 126 Å². The lowest BCUT2D eigenvalue weighted by atomic mass is 10.0. The molecule has 202 valence electrons. The Morgan fingerprint density at radius 2 is 2.00 bits per heavy atom. The highest BCUT2D eigenvalue weighted by Gasteiger charge is 2.51. The third-order valence-corrected chi connectivity index (χ3v) is 6.96. The van der Waals surface area contributed by atoms with Crippen LogP contribution >= 0.6 is 0 Å². The van der Waals surface area contributed by atoms with Crippen LogP contribution in [0.2, 0.25) is 0 Å². The van der Waals surface area contributed by atoms with Crippen molar-refractivity contribution < 1.29 is 31.9 Å². The fraction of sp³-hybridized carbons (Fsp3) is 0.609. The van der Waals surface area contributed by atoms with E-state index in [1.807, 2.05) is 0 Å². The van der Waals surface area contributed by atoms with Crippen LogP contribution in [0, 0.1) is 5.92 Å². The summed E-state index contributed by atoms with van der Waals surface area (Å²) in [5, 5.41) is 10.5. The number of aromatic nitrogens is 3. The Balaban J connectivity index is 1.39. The van der Waals surface area contributed by atoms with Gasteiger partial charge in [0.2, 0.25) is 17.7 Å². The summed E-state index contributed by atoms with van der Waals surface area (Å²) >= 11 is 0. The Hall–Kier alpha value is -3.29. The van der Waals surface area contributed by atoms with Gasteiger partial charge in [-0.3, -0.25) is 14.4 Å². The largest absolute Gasteiger partial charge is 0.393 e. The highest BCUT2D eigenvalue weighted by Crippen LogP contribution is 2.37. The number of likely N-dealkylation sites (tertiary alicyclic amines) is 2. The van der Waals surface area contributed by atoms with Crippen LogP contribution in [-0.2, 0) is 28.0 Å². The maximum absolute atomic E-state index is 13.5. The number of rotatable bonds is 7. The van der Waals surface area contributed by atoms with E-state index in [0.29, 0.717) is 11.1 Å². The van der Waals surface area contributed by atoms with E-state index in [-0.39, 0.29) is 44.8 Å². The summed E-state index contributed by atoms with van der Waals surface area (Å²) in [4.78, 5) is 40.4. The second kappa shape index (κ2) is 10.6. The molecule has 0 spiro atoms. The minimum absolute atomic E-state index is 0.0204. The molecule has 4 atom stereocenters. The van der Waals surface area contributed by atoms with Gasteiger partial charge in [-0.15, -0.1) is 5.10 Å². The fourth-order valence-electron chi connectivity index (χ4n) is 4.79. The summed E-state index contributed by atoms with van der Waals surface area (Å²) in [6, 6.07) is 2.58. The first-order valence-corrected chi connectivity index (χ1v) is 12.0. The molecule has 0 bridgehead atoms. The molecule has 2 aliphatic rings. The second-order valence-corrected chi connectivity index (χ2v) is 9.61. The highest BCUT2D eigenvalue weighted by molar-refractivity contribution is 5.91. The molecule has 10 nitrogen and oxygen atoms in total. The van der Waals surface area contributed by atoms with E-state index in [1.54, 1.807) is 29.9 Å². The van der Waals surface area contributed by atoms with Crippen molar-refractivity contribution in [2.45, 2.75) is 56.7 Å². The minimum Gasteiger partial charge on any atom is -0.350 e. The molecule has 2 fully saturated rings. The van der Waals surface area contributed by atoms with Gasteiger partial charge in [0.05, 0.1) is 24.0 Å². The molecule has 0 radical (unpaired) electrons. The van der Waals surface area contributed by atoms with Gasteiger partial charge in [-0.1, -0.05) is 11.3 Å². The molecule has 37 heavy (non-hydrogen) atoms. The van der Waals surface area contributed by atoms with E-state index in [0.717, 1.165) is 10.4 Å². The number of benzene rings is 1. The van der Waals surface area contributed by atoms with E-state index in [2.05, 4.69) is 15.6 Å². The maximum Gasteiger partial charge on any atom is 0.393 e. The highest BCUT2D eigenvalue weighted by atomic mass is 19.4. The van der Waals surface area contributed by atoms with Crippen molar-refractivity contribution in [2.75, 3.05) is 19.6 Å². The minimum atomic E-state index is -4.59. The van der Waals surface area contributed by atoms with Gasteiger partial charge in [0.25, 0.3) is 0 Å². The third-order valence-electron chi connectivity index (χ3n) is 6.96. The van der Waals surface area contributed by atoms with Crippen LogP contribution in [0.3, 0.4) is 0 Å². The van der Waals surface area contributed by atoms with E-state index < -0.39 is 55.1 Å². The van der Waals surface area contributed by atoms with Gasteiger partial charge in [-0.2, -0.15) is 13.2 Å². The number of nitrogens with one attached hydrogen (secondary N) is 1. The summed E-state index contributed by atoms with van der Waals surface area (Å²) in [6.45, 7) is -0.419. The molecular formula is C23H29F4N7O3. The van der Waals surface area contributed by atoms with Crippen LogP contribution in [0.5, 0.6) is 0 Å². The normalized spacial score (nSPS) is 23.0. The summed E-state index contributed by atoms with van der Waals surface area (Å²) in [6.07, 6.45) is -6.29. The second-order valence-electron chi connectivity index (χ2n) is 9.61. The summed E-state index contributed by atoms with van der Waals surface area (Å²) in [5.74, 6) is -3.80. The summed E-state index contributed by atoms with van der Waals surface area (Å²) < 4.78 is 55.4. The third kappa shape index (κ3) is 6.00. The Labute approximate surface area is 210 Å².